The van der Waals surface area contributed by atoms with Crippen molar-refractivity contribution < 1.29 is 4.74 Å². The third kappa shape index (κ3) is 2.86. The van der Waals surface area contributed by atoms with Gasteiger partial charge in [-0.1, -0.05) is 29.8 Å². The van der Waals surface area contributed by atoms with E-state index in [2.05, 4.69) is 17.5 Å². The minimum atomic E-state index is -0.00715. The molecule has 1 aromatic heterocycles. The van der Waals surface area contributed by atoms with Crippen molar-refractivity contribution in [1.82, 2.24) is 0 Å². The maximum absolute atomic E-state index is 7.39. The molecule has 5 heteroatoms. The van der Waals surface area contributed by atoms with Gasteiger partial charge in [0.1, 0.15) is 18.2 Å². The van der Waals surface area contributed by atoms with E-state index in [1.54, 1.807) is 29.5 Å². The standard InChI is InChI=1S/C16H13ClN2OS/c17-13-7-10(16(18)19)5-6-14(13)20-8-11-9-21-15-4-2-1-3-12(11)15/h1-7,9H,8H2,(H3,18,19). The van der Waals surface area contributed by atoms with Gasteiger partial charge in [0.05, 0.1) is 5.02 Å². The van der Waals surface area contributed by atoms with Gasteiger partial charge in [-0.15, -0.1) is 11.3 Å². The molecule has 0 spiro atoms. The summed E-state index contributed by atoms with van der Waals surface area (Å²) in [7, 11) is 0. The first-order valence-corrected chi connectivity index (χ1v) is 7.63. The largest absolute Gasteiger partial charge is 0.487 e. The molecular weight excluding hydrogens is 304 g/mol. The molecule has 2 aromatic carbocycles. The Bertz CT molecular complexity index is 813. The maximum Gasteiger partial charge on any atom is 0.138 e. The first-order valence-electron chi connectivity index (χ1n) is 6.37. The van der Waals surface area contributed by atoms with Gasteiger partial charge < -0.3 is 10.5 Å². The predicted octanol–water partition coefficient (Wildman–Crippen LogP) is 4.42. The van der Waals surface area contributed by atoms with Crippen LogP contribution in [-0.2, 0) is 6.61 Å². The highest BCUT2D eigenvalue weighted by molar-refractivity contribution is 7.17. The summed E-state index contributed by atoms with van der Waals surface area (Å²) in [5.74, 6) is 0.587. The molecule has 0 saturated heterocycles. The van der Waals surface area contributed by atoms with Crippen molar-refractivity contribution in [2.24, 2.45) is 5.73 Å². The van der Waals surface area contributed by atoms with Crippen LogP contribution in [0.4, 0.5) is 0 Å². The van der Waals surface area contributed by atoms with Crippen LogP contribution in [0.2, 0.25) is 5.02 Å². The van der Waals surface area contributed by atoms with E-state index < -0.39 is 0 Å². The molecule has 1 heterocycles. The molecule has 0 amide bonds. The molecule has 3 rings (SSSR count). The highest BCUT2D eigenvalue weighted by atomic mass is 35.5. The van der Waals surface area contributed by atoms with Gasteiger partial charge in [-0.2, -0.15) is 0 Å². The topological polar surface area (TPSA) is 59.1 Å². The Labute approximate surface area is 131 Å². The second kappa shape index (κ2) is 5.76. The van der Waals surface area contributed by atoms with Crippen LogP contribution >= 0.6 is 22.9 Å². The van der Waals surface area contributed by atoms with Crippen LogP contribution in [0, 0.1) is 5.41 Å². The van der Waals surface area contributed by atoms with E-state index in [0.29, 0.717) is 22.9 Å². The third-order valence-corrected chi connectivity index (χ3v) is 4.49. The van der Waals surface area contributed by atoms with Gasteiger partial charge in [-0.25, -0.2) is 0 Å². The molecule has 3 N–H and O–H groups in total. The molecule has 0 unspecified atom stereocenters. The Balaban J connectivity index is 1.80. The summed E-state index contributed by atoms with van der Waals surface area (Å²) in [5, 5.41) is 11.2. The SMILES string of the molecule is N=C(N)c1ccc(OCc2csc3ccccc23)c(Cl)c1. The molecule has 0 fully saturated rings. The fourth-order valence-electron chi connectivity index (χ4n) is 2.09. The van der Waals surface area contributed by atoms with Crippen LogP contribution in [0.1, 0.15) is 11.1 Å². The number of thiophene rings is 1. The van der Waals surface area contributed by atoms with E-state index >= 15 is 0 Å². The highest BCUT2D eigenvalue weighted by Crippen LogP contribution is 2.29. The van der Waals surface area contributed by atoms with Gasteiger partial charge in [-0.05, 0) is 35.0 Å². The van der Waals surface area contributed by atoms with Gasteiger partial charge in [-0.3, -0.25) is 5.41 Å². The van der Waals surface area contributed by atoms with Crippen molar-refractivity contribution in [3.8, 4) is 5.75 Å². The smallest absolute Gasteiger partial charge is 0.138 e. The molecule has 0 radical (unpaired) electrons. The van der Waals surface area contributed by atoms with E-state index in [-0.39, 0.29) is 5.84 Å². The molecule has 0 aliphatic heterocycles. The Kier molecular flexibility index (Phi) is 3.82. The van der Waals surface area contributed by atoms with Gasteiger partial charge >= 0.3 is 0 Å². The summed E-state index contributed by atoms with van der Waals surface area (Å²) in [6.07, 6.45) is 0. The number of hydrogen-bond acceptors (Lipinski definition) is 3. The molecule has 0 saturated carbocycles. The summed E-state index contributed by atoms with van der Waals surface area (Å²) in [5.41, 5.74) is 7.16. The van der Waals surface area contributed by atoms with Crippen molar-refractivity contribution in [1.29, 1.82) is 5.41 Å². The lowest BCUT2D eigenvalue weighted by Crippen LogP contribution is -2.10. The zero-order chi connectivity index (χ0) is 14.8. The number of nitrogen functional groups attached to an aromatic ring is 1. The quantitative estimate of drug-likeness (QED) is 0.553. The normalized spacial score (nSPS) is 10.7. The summed E-state index contributed by atoms with van der Waals surface area (Å²) in [6.45, 7) is 0.461. The third-order valence-electron chi connectivity index (χ3n) is 3.19. The summed E-state index contributed by atoms with van der Waals surface area (Å²) >= 11 is 7.86. The second-order valence-corrected chi connectivity index (χ2v) is 5.92. The first kappa shape index (κ1) is 13.9. The van der Waals surface area contributed by atoms with Crippen LogP contribution in [0.15, 0.2) is 47.8 Å². The Morgan fingerprint density at radius 1 is 1.24 bits per heavy atom. The predicted molar refractivity (Wildman–Crippen MR) is 88.6 cm³/mol. The fourth-order valence-corrected chi connectivity index (χ4v) is 3.27. The number of nitrogens with one attached hydrogen (secondary N) is 1. The zero-order valence-electron chi connectivity index (χ0n) is 11.1. The number of rotatable bonds is 4. The number of benzene rings is 2. The summed E-state index contributed by atoms with van der Waals surface area (Å²) < 4.78 is 7.03. The lowest BCUT2D eigenvalue weighted by Gasteiger charge is -2.09. The molecule has 0 aliphatic carbocycles. The summed E-state index contributed by atoms with van der Waals surface area (Å²) in [6, 6.07) is 13.4. The Morgan fingerprint density at radius 3 is 2.81 bits per heavy atom. The van der Waals surface area contributed by atoms with Gasteiger partial charge in [0.25, 0.3) is 0 Å². The van der Waals surface area contributed by atoms with Crippen molar-refractivity contribution in [3.05, 3.63) is 64.0 Å². The van der Waals surface area contributed by atoms with E-state index in [1.165, 1.54) is 10.1 Å². The van der Waals surface area contributed by atoms with E-state index in [9.17, 15) is 0 Å². The van der Waals surface area contributed by atoms with E-state index in [0.717, 1.165) is 5.56 Å². The van der Waals surface area contributed by atoms with Crippen molar-refractivity contribution >= 4 is 38.9 Å². The minimum absolute atomic E-state index is 0.00715. The van der Waals surface area contributed by atoms with Crippen molar-refractivity contribution in [2.45, 2.75) is 6.61 Å². The molecule has 3 aromatic rings. The first-order chi connectivity index (χ1) is 10.1. The number of ether oxygens (including phenoxy) is 1. The van der Waals surface area contributed by atoms with Crippen molar-refractivity contribution in [2.75, 3.05) is 0 Å². The average Bonchev–Trinajstić information content (AvgIpc) is 2.89. The number of amidine groups is 1. The Morgan fingerprint density at radius 2 is 2.05 bits per heavy atom. The molecular formula is C16H13ClN2OS. The lowest BCUT2D eigenvalue weighted by molar-refractivity contribution is 0.308. The molecule has 3 nitrogen and oxygen atoms in total. The average molecular weight is 317 g/mol. The molecule has 106 valence electrons. The lowest BCUT2D eigenvalue weighted by atomic mass is 10.2. The summed E-state index contributed by atoms with van der Waals surface area (Å²) in [4.78, 5) is 0. The molecule has 21 heavy (non-hydrogen) atoms. The highest BCUT2D eigenvalue weighted by Gasteiger charge is 2.08. The van der Waals surface area contributed by atoms with E-state index in [4.69, 9.17) is 27.5 Å². The maximum atomic E-state index is 7.39. The van der Waals surface area contributed by atoms with Crippen LogP contribution in [0.25, 0.3) is 10.1 Å². The molecule has 0 atom stereocenters. The number of hydrogen-bond donors (Lipinski definition) is 2. The fraction of sp³-hybridized carbons (Fsp3) is 0.0625. The van der Waals surface area contributed by atoms with Gasteiger partial charge in [0.15, 0.2) is 0 Å². The van der Waals surface area contributed by atoms with E-state index in [1.807, 2.05) is 12.1 Å². The molecule has 0 aliphatic rings. The van der Waals surface area contributed by atoms with Crippen molar-refractivity contribution in [3.63, 3.8) is 0 Å². The second-order valence-electron chi connectivity index (χ2n) is 4.60. The van der Waals surface area contributed by atoms with Crippen LogP contribution in [0.3, 0.4) is 0 Å². The van der Waals surface area contributed by atoms with Gasteiger partial charge in [0.2, 0.25) is 0 Å². The van der Waals surface area contributed by atoms with Crippen LogP contribution < -0.4 is 10.5 Å². The zero-order valence-corrected chi connectivity index (χ0v) is 12.7. The van der Waals surface area contributed by atoms with Crippen LogP contribution in [0.5, 0.6) is 5.75 Å². The number of halogens is 1. The number of fused-ring (bicyclic) bond motifs is 1. The minimum Gasteiger partial charge on any atom is -0.487 e. The number of nitrogens with two attached hydrogens (primary N) is 1. The van der Waals surface area contributed by atoms with Crippen LogP contribution in [-0.4, -0.2) is 5.84 Å². The van der Waals surface area contributed by atoms with Gasteiger partial charge in [0, 0.05) is 15.8 Å². The molecule has 0 bridgehead atoms. The monoisotopic (exact) mass is 316 g/mol. The Hall–Kier alpha value is -2.04.